The zero-order valence-corrected chi connectivity index (χ0v) is 44.9. The van der Waals surface area contributed by atoms with Crippen LogP contribution >= 0.6 is 0 Å². The van der Waals surface area contributed by atoms with Crippen molar-refractivity contribution in [3.63, 3.8) is 0 Å². The molecule has 0 rings (SSSR count). The molecule has 89 heavy (non-hydrogen) atoms. The van der Waals surface area contributed by atoms with Crippen LogP contribution in [-0.4, -0.2) is 196 Å². The zero-order chi connectivity index (χ0) is 70.0. The van der Waals surface area contributed by atoms with Gasteiger partial charge >= 0.3 is 78.9 Å². The fourth-order valence-corrected chi connectivity index (χ4v) is 5.94. The van der Waals surface area contributed by atoms with E-state index in [1.165, 1.54) is 0 Å². The van der Waals surface area contributed by atoms with Crippen LogP contribution in [0.1, 0.15) is 6.42 Å². The fraction of sp³-hybridized carbons (Fsp3) is 0.739. The van der Waals surface area contributed by atoms with Crippen LogP contribution in [0.15, 0.2) is 75.9 Å². The molecule has 0 spiro atoms. The summed E-state index contributed by atoms with van der Waals surface area (Å²) >= 11 is 0. The molecule has 0 saturated heterocycles. The Morgan fingerprint density at radius 2 is 0.427 bits per heavy atom. The molecule has 1 atom stereocenters. The molecule has 13 nitrogen and oxygen atoms in total. The van der Waals surface area contributed by atoms with E-state index in [1.807, 2.05) is 0 Å². The summed E-state index contributed by atoms with van der Waals surface area (Å²) < 4.78 is 517. The number of halogens is 30. The highest BCUT2D eigenvalue weighted by atomic mass is 19.4. The number of rotatable bonds is 52. The molecule has 0 aliphatic heterocycles. The number of ether oxygens (including phenoxy) is 13. The molecule has 0 bridgehead atoms. The summed E-state index contributed by atoms with van der Waals surface area (Å²) in [5.41, 5.74) is -17.2. The second kappa shape index (κ2) is 32.1. The van der Waals surface area contributed by atoms with E-state index in [0.29, 0.717) is 36.5 Å². The van der Waals surface area contributed by atoms with Crippen LogP contribution in [0.4, 0.5) is 132 Å². The summed E-state index contributed by atoms with van der Waals surface area (Å²) in [6.45, 7) is -23.2. The Balaban J connectivity index is 10.0. The third-order valence-electron chi connectivity index (χ3n) is 10.3. The predicted molar refractivity (Wildman–Crippen MR) is 237 cm³/mol. The van der Waals surface area contributed by atoms with Crippen LogP contribution in [0.5, 0.6) is 0 Å². The van der Waals surface area contributed by atoms with Gasteiger partial charge in [-0.15, -0.1) is 39.5 Å². The highest BCUT2D eigenvalue weighted by Gasteiger charge is 2.93. The molecule has 0 aromatic rings. The molecule has 0 heterocycles. The Morgan fingerprint density at radius 3 is 0.674 bits per heavy atom. The van der Waals surface area contributed by atoms with Crippen LogP contribution in [0, 0.1) is 10.8 Å². The monoisotopic (exact) mass is 1380 g/mol. The van der Waals surface area contributed by atoms with E-state index < -0.39 is 214 Å². The SMILES string of the molecule is C=CCOCCC(F)(F)OC(F)(F)C(COCC(F)(F)COCC=C)(C(F)(F)OC(F)(F)C(F)(F)COCC=C)C(F)(F)OC(F)(F)C(COCC(F)(F)COCC=C)(C(F)(F)OC(F)(F)C(F)(F)COCC=C)C(F)(F)OC(F)(F)C(F)(F)COCC=C. The van der Waals surface area contributed by atoms with E-state index >= 15 is 87.8 Å². The molecule has 1 unspecified atom stereocenters. The minimum absolute atomic E-state index is 0.322. The van der Waals surface area contributed by atoms with Gasteiger partial charge in [-0.1, -0.05) is 36.5 Å². The first-order chi connectivity index (χ1) is 40.1. The van der Waals surface area contributed by atoms with Gasteiger partial charge in [0.15, 0.2) is 0 Å². The largest absolute Gasteiger partial charge is 0.426 e. The molecule has 43 heteroatoms. The lowest BCUT2D eigenvalue weighted by atomic mass is 9.81. The van der Waals surface area contributed by atoms with E-state index in [1.54, 1.807) is 0 Å². The molecule has 0 aromatic carbocycles. The number of hydrogen-bond donors (Lipinski definition) is 0. The lowest BCUT2D eigenvalue weighted by Crippen LogP contribution is -2.76. The van der Waals surface area contributed by atoms with Gasteiger partial charge in [0, 0.05) is 0 Å². The lowest BCUT2D eigenvalue weighted by Gasteiger charge is -2.51. The van der Waals surface area contributed by atoms with Crippen molar-refractivity contribution in [1.29, 1.82) is 0 Å². The number of hydrogen-bond acceptors (Lipinski definition) is 13. The summed E-state index contributed by atoms with van der Waals surface area (Å²) in [6.07, 6.45) is -83.4. The molecule has 0 aliphatic carbocycles. The Labute approximate surface area is 482 Å². The van der Waals surface area contributed by atoms with Gasteiger partial charge in [0.1, 0.15) is 46.2 Å². The van der Waals surface area contributed by atoms with Gasteiger partial charge in [-0.3, -0.25) is 9.47 Å². The topological polar surface area (TPSA) is 120 Å². The van der Waals surface area contributed by atoms with Gasteiger partial charge in [-0.05, 0) is 0 Å². The van der Waals surface area contributed by atoms with E-state index in [9.17, 15) is 43.9 Å². The molecule has 0 fully saturated rings. The maximum Gasteiger partial charge on any atom is 0.426 e. The van der Waals surface area contributed by atoms with E-state index in [0.717, 1.165) is 0 Å². The molecular weight excluding hydrogens is 1330 g/mol. The Bertz CT molecular complexity index is 2170. The molecule has 0 aromatic heterocycles. The molecule has 0 N–H and O–H groups in total. The smallest absolute Gasteiger partial charge is 0.377 e. The van der Waals surface area contributed by atoms with Crippen molar-refractivity contribution in [1.82, 2.24) is 0 Å². The standard InChI is InChI=1S/C46H52F30O13/c1-7-14-77-20-13-37(57,58)85-38(59,60)32(25-83-23-30(47,48)21-78-15-8-2,41(65,66)87-44(71,72)34(51,52)27-80-17-10-4)39(61,62)86-40(63,64)33(26-84-24-31(49,50)22-79-16-9-3,42(67,68)88-45(73,74)35(53,54)28-81-18-11-5)43(69,70)89-46(75,76)36(55,56)29-82-19-12-6/h7-12H,1-6,13-29H2. The third-order valence-corrected chi connectivity index (χ3v) is 10.3. The highest BCUT2D eigenvalue weighted by molar-refractivity contribution is 5.08. The molecule has 0 amide bonds. The van der Waals surface area contributed by atoms with Crippen molar-refractivity contribution >= 4 is 0 Å². The van der Waals surface area contributed by atoms with Gasteiger partial charge < -0.3 is 37.9 Å². The van der Waals surface area contributed by atoms with Crippen molar-refractivity contribution in [3.05, 3.63) is 75.9 Å². The van der Waals surface area contributed by atoms with E-state index in [4.69, 9.17) is 0 Å². The Kier molecular flexibility index (Phi) is 30.6. The highest BCUT2D eigenvalue weighted by Crippen LogP contribution is 2.68. The van der Waals surface area contributed by atoms with Crippen molar-refractivity contribution < 1.29 is 193 Å². The first-order valence-corrected chi connectivity index (χ1v) is 23.5. The maximum atomic E-state index is 17.3. The predicted octanol–water partition coefficient (Wildman–Crippen LogP) is 13.8. The molecule has 0 aliphatic rings. The quantitative estimate of drug-likeness (QED) is 0.0327. The zero-order valence-electron chi connectivity index (χ0n) is 44.9. The van der Waals surface area contributed by atoms with Gasteiger partial charge in [-0.25, -0.2) is 31.8 Å². The van der Waals surface area contributed by atoms with Crippen LogP contribution in [0.3, 0.4) is 0 Å². The fourth-order valence-electron chi connectivity index (χ4n) is 5.94. The van der Waals surface area contributed by atoms with Crippen molar-refractivity contribution in [2.24, 2.45) is 10.8 Å². The van der Waals surface area contributed by atoms with Crippen molar-refractivity contribution in [2.45, 2.75) is 97.1 Å². The van der Waals surface area contributed by atoms with Gasteiger partial charge in [0.05, 0.1) is 65.9 Å². The normalized spacial score (nSPS) is 15.4. The first-order valence-electron chi connectivity index (χ1n) is 23.5. The third kappa shape index (κ3) is 22.0. The van der Waals surface area contributed by atoms with Gasteiger partial charge in [-0.2, -0.15) is 114 Å². The lowest BCUT2D eigenvalue weighted by molar-refractivity contribution is -0.596. The summed E-state index contributed by atoms with van der Waals surface area (Å²) in [6, 6.07) is 0. The van der Waals surface area contributed by atoms with Crippen LogP contribution in [0.2, 0.25) is 0 Å². The van der Waals surface area contributed by atoms with Gasteiger partial charge in [0.25, 0.3) is 22.7 Å². The first kappa shape index (κ1) is 84.8. The van der Waals surface area contributed by atoms with Gasteiger partial charge in [0.2, 0.25) is 0 Å². The molecule has 0 radical (unpaired) electrons. The summed E-state index contributed by atoms with van der Waals surface area (Å²) in [7, 11) is 0. The minimum Gasteiger partial charge on any atom is -0.377 e. The number of alkyl halides is 30. The maximum absolute atomic E-state index is 17.3. The second-order valence-electron chi connectivity index (χ2n) is 17.6. The van der Waals surface area contributed by atoms with E-state index in [2.05, 4.69) is 101 Å². The molecule has 524 valence electrons. The second-order valence-corrected chi connectivity index (χ2v) is 17.6. The van der Waals surface area contributed by atoms with Crippen LogP contribution in [0.25, 0.3) is 0 Å². The summed E-state index contributed by atoms with van der Waals surface area (Å²) in [5, 5.41) is 0. The van der Waals surface area contributed by atoms with Crippen molar-refractivity contribution in [3.8, 4) is 0 Å². The summed E-state index contributed by atoms with van der Waals surface area (Å²) in [5.74, 6) is -31.0. The van der Waals surface area contributed by atoms with Crippen LogP contribution < -0.4 is 0 Å². The average molecular weight is 1380 g/mol. The molecular formula is C46H52F30O13. The average Bonchev–Trinajstić information content (AvgIpc) is 0.698. The van der Waals surface area contributed by atoms with Crippen LogP contribution in [-0.2, 0) is 61.6 Å². The Hall–Kier alpha value is -4.18. The minimum atomic E-state index is -9.29. The van der Waals surface area contributed by atoms with Crippen molar-refractivity contribution in [2.75, 3.05) is 106 Å². The van der Waals surface area contributed by atoms with E-state index in [-0.39, 0.29) is 0 Å². The Morgan fingerprint density at radius 1 is 0.225 bits per heavy atom. The molecule has 0 saturated carbocycles. The summed E-state index contributed by atoms with van der Waals surface area (Å²) in [4.78, 5) is 0.